The van der Waals surface area contributed by atoms with Crippen LogP contribution in [0.1, 0.15) is 0 Å². The second-order valence-corrected chi connectivity index (χ2v) is 3.16. The van der Waals surface area contributed by atoms with Gasteiger partial charge in [0.05, 0.1) is 4.47 Å². The summed E-state index contributed by atoms with van der Waals surface area (Å²) in [6.07, 6.45) is 0. The Balaban J connectivity index is 3.34. The van der Waals surface area contributed by atoms with Gasteiger partial charge >= 0.3 is 0 Å². The summed E-state index contributed by atoms with van der Waals surface area (Å²) in [6.45, 7) is 0. The fraction of sp³-hybridized carbons (Fsp3) is 0. The molecule has 0 heterocycles. The van der Waals surface area contributed by atoms with Crippen LogP contribution >= 0.6 is 31.9 Å². The summed E-state index contributed by atoms with van der Waals surface area (Å²) >= 11 is 5.81. The molecule has 0 saturated heterocycles. The molecule has 1 aromatic carbocycles. The van der Waals surface area contributed by atoms with Crippen LogP contribution in [0.2, 0.25) is 0 Å². The van der Waals surface area contributed by atoms with Gasteiger partial charge < -0.3 is 0 Å². The van der Waals surface area contributed by atoms with E-state index in [1.807, 2.05) is 0 Å². The maximum atomic E-state index is 12.5. The fourth-order valence-corrected chi connectivity index (χ4v) is 1.05. The Hall–Kier alpha value is 0.0400. The van der Waals surface area contributed by atoms with Gasteiger partial charge in [-0.15, -0.1) is 0 Å². The van der Waals surface area contributed by atoms with E-state index in [0.717, 1.165) is 6.07 Å². The maximum Gasteiger partial charge on any atom is 0.174 e. The van der Waals surface area contributed by atoms with Crippen LogP contribution in [0.25, 0.3) is 0 Å². The number of hydrogen-bond donors (Lipinski definition) is 0. The van der Waals surface area contributed by atoms with E-state index in [1.165, 1.54) is 0 Å². The van der Waals surface area contributed by atoms with Crippen molar-refractivity contribution in [3.63, 3.8) is 0 Å². The predicted molar refractivity (Wildman–Crippen MR) is 40.6 cm³/mol. The Morgan fingerprint density at radius 3 is 2.40 bits per heavy atom. The van der Waals surface area contributed by atoms with Crippen molar-refractivity contribution >= 4 is 31.9 Å². The lowest BCUT2D eigenvalue weighted by Crippen LogP contribution is -1.85. The van der Waals surface area contributed by atoms with Crippen molar-refractivity contribution in [1.82, 2.24) is 0 Å². The van der Waals surface area contributed by atoms with E-state index in [2.05, 4.69) is 37.9 Å². The largest absolute Gasteiger partial charge is 0.204 e. The van der Waals surface area contributed by atoms with Gasteiger partial charge in [-0.2, -0.15) is 0 Å². The van der Waals surface area contributed by atoms with E-state index < -0.39 is 11.6 Å². The van der Waals surface area contributed by atoms with Gasteiger partial charge in [-0.1, -0.05) is 0 Å². The van der Waals surface area contributed by atoms with Gasteiger partial charge in [0.1, 0.15) is 0 Å². The summed E-state index contributed by atoms with van der Waals surface area (Å²) in [6, 6.07) is 3.40. The van der Waals surface area contributed by atoms with Crippen molar-refractivity contribution in [3.05, 3.63) is 32.7 Å². The summed E-state index contributed by atoms with van der Waals surface area (Å²) in [4.78, 5) is 0. The van der Waals surface area contributed by atoms with Gasteiger partial charge in [-0.3, -0.25) is 0 Å². The van der Waals surface area contributed by atoms with Crippen LogP contribution in [-0.2, 0) is 0 Å². The second kappa shape index (κ2) is 2.96. The van der Waals surface area contributed by atoms with Crippen molar-refractivity contribution < 1.29 is 8.78 Å². The molecule has 1 rings (SSSR count). The molecule has 0 aliphatic rings. The highest BCUT2D eigenvalue weighted by Gasteiger charge is 2.08. The first kappa shape index (κ1) is 8.14. The molecule has 0 aliphatic heterocycles. The van der Waals surface area contributed by atoms with Gasteiger partial charge in [0.25, 0.3) is 0 Å². The van der Waals surface area contributed by atoms with Crippen LogP contribution in [0.4, 0.5) is 8.78 Å². The Kier molecular flexibility index (Phi) is 2.41. The molecule has 0 amide bonds. The lowest BCUT2D eigenvalue weighted by atomic mass is 10.3. The molecule has 0 saturated carbocycles. The molecule has 0 bridgehead atoms. The SMILES string of the molecule is Fc1c[c]c(Br)c(Br)c1F. The zero-order valence-corrected chi connectivity index (χ0v) is 7.76. The molecule has 10 heavy (non-hydrogen) atoms. The highest BCUT2D eigenvalue weighted by atomic mass is 79.9. The molecule has 53 valence electrons. The van der Waals surface area contributed by atoms with E-state index in [0.29, 0.717) is 4.47 Å². The van der Waals surface area contributed by atoms with Crippen molar-refractivity contribution in [1.29, 1.82) is 0 Å². The molecule has 1 aromatic rings. The molecule has 1 radical (unpaired) electrons. The molecule has 0 atom stereocenters. The van der Waals surface area contributed by atoms with Crippen LogP contribution in [0.15, 0.2) is 15.0 Å². The lowest BCUT2D eigenvalue weighted by molar-refractivity contribution is 0.503. The second-order valence-electron chi connectivity index (χ2n) is 1.58. The van der Waals surface area contributed by atoms with Gasteiger partial charge in [0.15, 0.2) is 11.6 Å². The van der Waals surface area contributed by atoms with Gasteiger partial charge in [-0.25, -0.2) is 8.78 Å². The number of rotatable bonds is 0. The summed E-state index contributed by atoms with van der Waals surface area (Å²) in [7, 11) is 0. The minimum Gasteiger partial charge on any atom is -0.204 e. The molecule has 0 spiro atoms. The quantitative estimate of drug-likeness (QED) is 0.501. The number of hydrogen-bond acceptors (Lipinski definition) is 0. The predicted octanol–water partition coefficient (Wildman–Crippen LogP) is 3.29. The molecule has 4 heteroatoms. The molecular formula is C6HBr2F2. The van der Waals surface area contributed by atoms with E-state index >= 15 is 0 Å². The first-order valence-corrected chi connectivity index (χ1v) is 3.92. The topological polar surface area (TPSA) is 0 Å². The van der Waals surface area contributed by atoms with E-state index in [4.69, 9.17) is 0 Å². The maximum absolute atomic E-state index is 12.5. The lowest BCUT2D eigenvalue weighted by Gasteiger charge is -1.96. The molecule has 0 aliphatic carbocycles. The Labute approximate surface area is 73.5 Å². The van der Waals surface area contributed by atoms with Crippen molar-refractivity contribution in [3.8, 4) is 0 Å². The third-order valence-corrected chi connectivity index (χ3v) is 2.82. The van der Waals surface area contributed by atoms with E-state index in [1.54, 1.807) is 0 Å². The fourth-order valence-electron chi connectivity index (χ4n) is 0.455. The van der Waals surface area contributed by atoms with Gasteiger partial charge in [0.2, 0.25) is 0 Å². The number of benzene rings is 1. The first-order chi connectivity index (χ1) is 4.63. The Bertz CT molecular complexity index is 233. The van der Waals surface area contributed by atoms with Crippen LogP contribution < -0.4 is 0 Å². The van der Waals surface area contributed by atoms with E-state index in [-0.39, 0.29) is 4.47 Å². The van der Waals surface area contributed by atoms with Crippen LogP contribution in [-0.4, -0.2) is 0 Å². The summed E-state index contributed by atoms with van der Waals surface area (Å²) in [5.74, 6) is -1.80. The third-order valence-electron chi connectivity index (χ3n) is 0.921. The molecule has 0 N–H and O–H groups in total. The van der Waals surface area contributed by atoms with Crippen molar-refractivity contribution in [2.45, 2.75) is 0 Å². The zero-order valence-electron chi connectivity index (χ0n) is 4.59. The highest BCUT2D eigenvalue weighted by Crippen LogP contribution is 2.26. The van der Waals surface area contributed by atoms with Crippen molar-refractivity contribution in [2.24, 2.45) is 0 Å². The molecule has 0 unspecified atom stereocenters. The van der Waals surface area contributed by atoms with E-state index in [9.17, 15) is 8.78 Å². The monoisotopic (exact) mass is 269 g/mol. The van der Waals surface area contributed by atoms with Crippen LogP contribution in [0, 0.1) is 17.7 Å². The standard InChI is InChI=1S/C6HBr2F2/c7-3-1-2-4(9)6(10)5(3)8/h2H. The third kappa shape index (κ3) is 1.37. The zero-order chi connectivity index (χ0) is 7.72. The molecule has 0 nitrogen and oxygen atoms in total. The highest BCUT2D eigenvalue weighted by molar-refractivity contribution is 9.13. The first-order valence-electron chi connectivity index (χ1n) is 2.33. The van der Waals surface area contributed by atoms with Gasteiger partial charge in [-0.05, 0) is 37.9 Å². The van der Waals surface area contributed by atoms with Crippen LogP contribution in [0.5, 0.6) is 0 Å². The molecule has 0 aromatic heterocycles. The summed E-state index contributed by atoms with van der Waals surface area (Å²) in [5.41, 5.74) is 0. The smallest absolute Gasteiger partial charge is 0.174 e. The summed E-state index contributed by atoms with van der Waals surface area (Å²) < 4.78 is 25.3. The van der Waals surface area contributed by atoms with Crippen LogP contribution in [0.3, 0.4) is 0 Å². The van der Waals surface area contributed by atoms with Gasteiger partial charge in [0, 0.05) is 10.5 Å². The Morgan fingerprint density at radius 2 is 1.90 bits per heavy atom. The minimum absolute atomic E-state index is 0.0625. The molecule has 0 fully saturated rings. The number of halogens is 4. The average Bonchev–Trinajstić information content (AvgIpc) is 1.93. The minimum atomic E-state index is -0.907. The normalized spacial score (nSPS) is 10.0. The Morgan fingerprint density at radius 1 is 1.30 bits per heavy atom. The van der Waals surface area contributed by atoms with Crippen molar-refractivity contribution in [2.75, 3.05) is 0 Å². The summed E-state index contributed by atoms with van der Waals surface area (Å²) in [5, 5.41) is 0. The molecular weight excluding hydrogens is 270 g/mol. The average molecular weight is 271 g/mol.